The van der Waals surface area contributed by atoms with E-state index in [1.807, 2.05) is 0 Å². The lowest BCUT2D eigenvalue weighted by atomic mass is 10.2. The van der Waals surface area contributed by atoms with Crippen LogP contribution < -0.4 is 5.32 Å². The molecule has 0 aromatic heterocycles. The maximum Gasteiger partial charge on any atom is 0.0897 e. The largest absolute Gasteiger partial charge is 0.389 e. The molecule has 0 aliphatic heterocycles. The van der Waals surface area contributed by atoms with Gasteiger partial charge in [-0.3, -0.25) is 0 Å². The normalized spacial score (nSPS) is 12.9. The summed E-state index contributed by atoms with van der Waals surface area (Å²) in [5, 5.41) is 12.8. The zero-order chi connectivity index (χ0) is 12.8. The molecule has 4 heteroatoms. The third kappa shape index (κ3) is 13.8. The summed E-state index contributed by atoms with van der Waals surface area (Å²) in [7, 11) is 1.73. The van der Waals surface area contributed by atoms with Crippen LogP contribution >= 0.6 is 0 Å². The highest BCUT2D eigenvalue weighted by atomic mass is 16.5. The Kier molecular flexibility index (Phi) is 13.8. The average Bonchev–Trinajstić information content (AvgIpc) is 2.33. The first-order valence-corrected chi connectivity index (χ1v) is 6.76. The molecule has 4 nitrogen and oxygen atoms in total. The molecule has 0 aromatic carbocycles. The van der Waals surface area contributed by atoms with E-state index in [0.717, 1.165) is 45.4 Å². The molecule has 0 heterocycles. The Morgan fingerprint density at radius 1 is 1.12 bits per heavy atom. The Labute approximate surface area is 106 Å². The molecule has 0 aliphatic carbocycles. The van der Waals surface area contributed by atoms with E-state index in [1.54, 1.807) is 7.11 Å². The minimum atomic E-state index is -0.383. The summed E-state index contributed by atoms with van der Waals surface area (Å²) in [6.07, 6.45) is 5.23. The van der Waals surface area contributed by atoms with Crippen LogP contribution in [-0.4, -0.2) is 51.2 Å². The van der Waals surface area contributed by atoms with E-state index in [-0.39, 0.29) is 6.10 Å². The average molecular weight is 247 g/mol. The lowest BCUT2D eigenvalue weighted by Crippen LogP contribution is -2.31. The minimum absolute atomic E-state index is 0.383. The maximum atomic E-state index is 9.58. The molecular weight excluding hydrogens is 218 g/mol. The van der Waals surface area contributed by atoms with E-state index in [4.69, 9.17) is 9.47 Å². The van der Waals surface area contributed by atoms with Crippen LogP contribution in [0.5, 0.6) is 0 Å². The zero-order valence-electron chi connectivity index (χ0n) is 11.4. The molecule has 0 aromatic rings. The van der Waals surface area contributed by atoms with Crippen LogP contribution in [-0.2, 0) is 9.47 Å². The van der Waals surface area contributed by atoms with Crippen molar-refractivity contribution in [1.82, 2.24) is 5.32 Å². The molecule has 2 N–H and O–H groups in total. The fourth-order valence-electron chi connectivity index (χ4n) is 1.47. The van der Waals surface area contributed by atoms with Crippen molar-refractivity contribution in [2.75, 3.05) is 40.0 Å². The second kappa shape index (κ2) is 13.9. The number of hydrogen-bond donors (Lipinski definition) is 2. The molecule has 0 fully saturated rings. The van der Waals surface area contributed by atoms with E-state index < -0.39 is 0 Å². The van der Waals surface area contributed by atoms with Gasteiger partial charge in [0.25, 0.3) is 0 Å². The molecule has 0 rings (SSSR count). The van der Waals surface area contributed by atoms with Crippen molar-refractivity contribution in [3.05, 3.63) is 0 Å². The van der Waals surface area contributed by atoms with Gasteiger partial charge >= 0.3 is 0 Å². The third-order valence-corrected chi connectivity index (χ3v) is 2.53. The minimum Gasteiger partial charge on any atom is -0.389 e. The van der Waals surface area contributed by atoms with Gasteiger partial charge in [-0.2, -0.15) is 0 Å². The van der Waals surface area contributed by atoms with Gasteiger partial charge in [0.15, 0.2) is 0 Å². The Morgan fingerprint density at radius 3 is 2.65 bits per heavy atom. The van der Waals surface area contributed by atoms with Crippen molar-refractivity contribution in [3.63, 3.8) is 0 Å². The highest BCUT2D eigenvalue weighted by Gasteiger charge is 2.02. The fraction of sp³-hybridized carbons (Fsp3) is 1.00. The van der Waals surface area contributed by atoms with Crippen LogP contribution in [0.2, 0.25) is 0 Å². The first kappa shape index (κ1) is 16.8. The van der Waals surface area contributed by atoms with Crippen molar-refractivity contribution in [3.8, 4) is 0 Å². The summed E-state index contributed by atoms with van der Waals surface area (Å²) < 4.78 is 10.3. The van der Waals surface area contributed by atoms with Crippen LogP contribution in [0.1, 0.15) is 39.0 Å². The first-order valence-electron chi connectivity index (χ1n) is 6.76. The summed E-state index contributed by atoms with van der Waals surface area (Å²) in [5.41, 5.74) is 0. The van der Waals surface area contributed by atoms with Gasteiger partial charge in [0.2, 0.25) is 0 Å². The summed E-state index contributed by atoms with van der Waals surface area (Å²) in [4.78, 5) is 0. The van der Waals surface area contributed by atoms with E-state index in [0.29, 0.717) is 13.2 Å². The van der Waals surface area contributed by atoms with Gasteiger partial charge in [0, 0.05) is 26.9 Å². The van der Waals surface area contributed by atoms with Crippen LogP contribution in [0.25, 0.3) is 0 Å². The highest BCUT2D eigenvalue weighted by Crippen LogP contribution is 1.94. The number of aliphatic hydroxyl groups excluding tert-OH is 1. The number of nitrogens with one attached hydrogen (secondary N) is 1. The number of aliphatic hydroxyl groups is 1. The number of ether oxygens (including phenoxy) is 2. The zero-order valence-corrected chi connectivity index (χ0v) is 11.4. The fourth-order valence-corrected chi connectivity index (χ4v) is 1.47. The second-order valence-electron chi connectivity index (χ2n) is 4.34. The predicted octanol–water partition coefficient (Wildman–Crippen LogP) is 1.57. The molecule has 17 heavy (non-hydrogen) atoms. The standard InChI is InChI=1S/C13H29NO3/c1-3-4-10-17-12-13(15)11-14-8-6-5-7-9-16-2/h13-15H,3-12H2,1-2H3. The van der Waals surface area contributed by atoms with E-state index in [1.165, 1.54) is 6.42 Å². The van der Waals surface area contributed by atoms with Gasteiger partial charge in [-0.15, -0.1) is 0 Å². The predicted molar refractivity (Wildman–Crippen MR) is 70.3 cm³/mol. The molecule has 0 spiro atoms. The molecule has 0 saturated carbocycles. The van der Waals surface area contributed by atoms with Gasteiger partial charge in [-0.1, -0.05) is 13.3 Å². The topological polar surface area (TPSA) is 50.7 Å². The van der Waals surface area contributed by atoms with Crippen LogP contribution in [0.4, 0.5) is 0 Å². The smallest absolute Gasteiger partial charge is 0.0897 e. The SMILES string of the molecule is CCCCOCC(O)CNCCCCCOC. The quantitative estimate of drug-likeness (QED) is 0.485. The van der Waals surface area contributed by atoms with Gasteiger partial charge in [-0.05, 0) is 32.2 Å². The van der Waals surface area contributed by atoms with Gasteiger partial charge in [-0.25, -0.2) is 0 Å². The highest BCUT2D eigenvalue weighted by molar-refractivity contribution is 4.58. The molecule has 0 radical (unpaired) electrons. The summed E-state index contributed by atoms with van der Waals surface area (Å²) in [6, 6.07) is 0. The van der Waals surface area contributed by atoms with Gasteiger partial charge in [0.05, 0.1) is 12.7 Å². The van der Waals surface area contributed by atoms with Crippen molar-refractivity contribution in [1.29, 1.82) is 0 Å². The molecule has 104 valence electrons. The third-order valence-electron chi connectivity index (χ3n) is 2.53. The molecule has 0 amide bonds. The molecule has 1 unspecified atom stereocenters. The van der Waals surface area contributed by atoms with E-state index in [2.05, 4.69) is 12.2 Å². The van der Waals surface area contributed by atoms with Crippen molar-refractivity contribution < 1.29 is 14.6 Å². The van der Waals surface area contributed by atoms with Crippen LogP contribution in [0, 0.1) is 0 Å². The number of methoxy groups -OCH3 is 1. The van der Waals surface area contributed by atoms with E-state index >= 15 is 0 Å². The Balaban J connectivity index is 3.08. The van der Waals surface area contributed by atoms with Crippen LogP contribution in [0.15, 0.2) is 0 Å². The first-order chi connectivity index (χ1) is 8.31. The Bertz CT molecular complexity index is 145. The molecule has 0 saturated heterocycles. The van der Waals surface area contributed by atoms with Gasteiger partial charge < -0.3 is 19.9 Å². The summed E-state index contributed by atoms with van der Waals surface area (Å²) >= 11 is 0. The Morgan fingerprint density at radius 2 is 1.94 bits per heavy atom. The lowest BCUT2D eigenvalue weighted by molar-refractivity contribution is 0.0360. The van der Waals surface area contributed by atoms with Crippen LogP contribution in [0.3, 0.4) is 0 Å². The van der Waals surface area contributed by atoms with Crippen molar-refractivity contribution >= 4 is 0 Å². The molecular formula is C13H29NO3. The number of rotatable bonds is 13. The molecule has 0 aliphatic rings. The number of unbranched alkanes of at least 4 members (excludes halogenated alkanes) is 3. The maximum absolute atomic E-state index is 9.58. The second-order valence-corrected chi connectivity index (χ2v) is 4.34. The molecule has 1 atom stereocenters. The summed E-state index contributed by atoms with van der Waals surface area (Å²) in [5.74, 6) is 0. The Hall–Kier alpha value is -0.160. The molecule has 0 bridgehead atoms. The van der Waals surface area contributed by atoms with Crippen molar-refractivity contribution in [2.45, 2.75) is 45.1 Å². The monoisotopic (exact) mass is 247 g/mol. The van der Waals surface area contributed by atoms with Crippen molar-refractivity contribution in [2.24, 2.45) is 0 Å². The van der Waals surface area contributed by atoms with E-state index in [9.17, 15) is 5.11 Å². The lowest BCUT2D eigenvalue weighted by Gasteiger charge is -2.12. The number of hydrogen-bond acceptors (Lipinski definition) is 4. The summed E-state index contributed by atoms with van der Waals surface area (Å²) in [6.45, 7) is 5.74. The van der Waals surface area contributed by atoms with Gasteiger partial charge in [0.1, 0.15) is 0 Å².